The van der Waals surface area contributed by atoms with Crippen LogP contribution in [0, 0.1) is 17.7 Å². The van der Waals surface area contributed by atoms with Crippen LogP contribution >= 0.6 is 0 Å². The molecule has 2 aliphatic rings. The second-order valence-corrected chi connectivity index (χ2v) is 9.12. The van der Waals surface area contributed by atoms with Gasteiger partial charge < -0.3 is 9.47 Å². The number of hydrogen-bond donors (Lipinski definition) is 0. The molecule has 0 amide bonds. The van der Waals surface area contributed by atoms with Crippen molar-refractivity contribution in [1.82, 2.24) is 0 Å². The lowest BCUT2D eigenvalue weighted by Gasteiger charge is -2.37. The zero-order valence-electron chi connectivity index (χ0n) is 18.3. The van der Waals surface area contributed by atoms with Gasteiger partial charge in [0.05, 0.1) is 18.8 Å². The van der Waals surface area contributed by atoms with Gasteiger partial charge in [-0.2, -0.15) is 13.2 Å². The second-order valence-electron chi connectivity index (χ2n) is 9.12. The van der Waals surface area contributed by atoms with E-state index in [-0.39, 0.29) is 6.29 Å². The molecule has 1 aliphatic carbocycles. The van der Waals surface area contributed by atoms with Crippen LogP contribution in [0.1, 0.15) is 62.5 Å². The van der Waals surface area contributed by atoms with Gasteiger partial charge >= 0.3 is 6.18 Å². The van der Waals surface area contributed by atoms with Crippen LogP contribution in [0.2, 0.25) is 0 Å². The zero-order valence-corrected chi connectivity index (χ0v) is 18.3. The van der Waals surface area contributed by atoms with E-state index in [0.29, 0.717) is 28.9 Å². The molecular formula is C26H30F4O2. The van der Waals surface area contributed by atoms with Crippen LogP contribution in [0.15, 0.2) is 42.5 Å². The average molecular weight is 451 g/mol. The van der Waals surface area contributed by atoms with E-state index in [9.17, 15) is 17.6 Å². The van der Waals surface area contributed by atoms with Crippen molar-refractivity contribution in [3.8, 4) is 11.1 Å². The van der Waals surface area contributed by atoms with Crippen molar-refractivity contribution in [2.45, 2.75) is 63.8 Å². The Kier molecular flexibility index (Phi) is 7.21. The molecule has 2 nitrogen and oxygen atoms in total. The van der Waals surface area contributed by atoms with Crippen molar-refractivity contribution in [1.29, 1.82) is 0 Å². The number of hydrogen-bond acceptors (Lipinski definition) is 2. The van der Waals surface area contributed by atoms with Gasteiger partial charge in [0.25, 0.3) is 0 Å². The molecule has 1 saturated carbocycles. The molecule has 1 heterocycles. The fourth-order valence-corrected chi connectivity index (χ4v) is 5.00. The fourth-order valence-electron chi connectivity index (χ4n) is 5.00. The Morgan fingerprint density at radius 2 is 1.50 bits per heavy atom. The largest absolute Gasteiger partial charge is 0.419 e. The molecule has 2 aromatic rings. The third-order valence-electron chi connectivity index (χ3n) is 6.84. The Morgan fingerprint density at radius 1 is 0.875 bits per heavy atom. The zero-order chi connectivity index (χ0) is 22.7. The van der Waals surface area contributed by atoms with E-state index in [0.717, 1.165) is 63.9 Å². The van der Waals surface area contributed by atoms with Gasteiger partial charge in [-0.05, 0) is 66.8 Å². The molecule has 0 aromatic heterocycles. The highest BCUT2D eigenvalue weighted by Gasteiger charge is 2.34. The van der Waals surface area contributed by atoms with Gasteiger partial charge in [0.1, 0.15) is 5.82 Å². The Hall–Kier alpha value is -1.92. The summed E-state index contributed by atoms with van der Waals surface area (Å²) >= 11 is 0. The molecule has 0 unspecified atom stereocenters. The fraction of sp³-hybridized carbons (Fsp3) is 0.538. The number of ether oxygens (including phenoxy) is 2. The molecule has 2 fully saturated rings. The van der Waals surface area contributed by atoms with Crippen molar-refractivity contribution in [2.24, 2.45) is 11.8 Å². The first-order valence-corrected chi connectivity index (χ1v) is 11.6. The Morgan fingerprint density at radius 3 is 2.06 bits per heavy atom. The number of rotatable bonds is 5. The van der Waals surface area contributed by atoms with Crippen LogP contribution in [0.25, 0.3) is 11.1 Å². The van der Waals surface area contributed by atoms with E-state index in [1.54, 1.807) is 0 Å². The van der Waals surface area contributed by atoms with Crippen molar-refractivity contribution in [2.75, 3.05) is 13.2 Å². The number of benzene rings is 2. The molecule has 0 atom stereocenters. The minimum Gasteiger partial charge on any atom is -0.352 e. The first-order valence-electron chi connectivity index (χ1n) is 11.6. The highest BCUT2D eigenvalue weighted by Crippen LogP contribution is 2.40. The summed E-state index contributed by atoms with van der Waals surface area (Å²) in [4.78, 5) is 0. The number of alkyl halides is 3. The molecule has 32 heavy (non-hydrogen) atoms. The topological polar surface area (TPSA) is 18.5 Å². The molecule has 4 rings (SSSR count). The highest BCUT2D eigenvalue weighted by molar-refractivity contribution is 5.64. The van der Waals surface area contributed by atoms with E-state index in [4.69, 9.17) is 9.47 Å². The van der Waals surface area contributed by atoms with Crippen LogP contribution in [0.5, 0.6) is 0 Å². The molecule has 174 valence electrons. The lowest BCUT2D eigenvalue weighted by atomic mass is 9.78. The van der Waals surface area contributed by atoms with Gasteiger partial charge in [-0.15, -0.1) is 0 Å². The summed E-state index contributed by atoms with van der Waals surface area (Å²) in [5, 5.41) is 0. The summed E-state index contributed by atoms with van der Waals surface area (Å²) in [6.45, 7) is 3.77. The van der Waals surface area contributed by atoms with Crippen molar-refractivity contribution < 1.29 is 27.0 Å². The van der Waals surface area contributed by atoms with E-state index in [2.05, 4.69) is 6.92 Å². The van der Waals surface area contributed by atoms with Crippen LogP contribution in [0.4, 0.5) is 17.6 Å². The lowest BCUT2D eigenvalue weighted by molar-refractivity contribution is -0.229. The molecule has 1 aliphatic heterocycles. The molecule has 2 aromatic carbocycles. The monoisotopic (exact) mass is 450 g/mol. The first-order chi connectivity index (χ1) is 15.3. The van der Waals surface area contributed by atoms with E-state index in [1.807, 2.05) is 24.3 Å². The third-order valence-corrected chi connectivity index (χ3v) is 6.84. The lowest BCUT2D eigenvalue weighted by Crippen LogP contribution is -2.38. The summed E-state index contributed by atoms with van der Waals surface area (Å²) < 4.78 is 64.3. The van der Waals surface area contributed by atoms with Crippen molar-refractivity contribution in [3.05, 3.63) is 59.4 Å². The third kappa shape index (κ3) is 5.34. The van der Waals surface area contributed by atoms with Crippen molar-refractivity contribution in [3.63, 3.8) is 0 Å². The molecule has 0 radical (unpaired) electrons. The predicted molar refractivity (Wildman–Crippen MR) is 116 cm³/mol. The van der Waals surface area contributed by atoms with Gasteiger partial charge in [0.15, 0.2) is 6.29 Å². The second kappa shape index (κ2) is 9.92. The summed E-state index contributed by atoms with van der Waals surface area (Å²) in [6.07, 6.45) is 1.76. The van der Waals surface area contributed by atoms with Gasteiger partial charge in [0.2, 0.25) is 0 Å². The quantitative estimate of drug-likeness (QED) is 0.437. The molecule has 0 N–H and O–H groups in total. The van der Waals surface area contributed by atoms with E-state index in [1.165, 1.54) is 11.6 Å². The van der Waals surface area contributed by atoms with Gasteiger partial charge in [-0.1, -0.05) is 43.7 Å². The molecule has 1 saturated heterocycles. The van der Waals surface area contributed by atoms with Crippen LogP contribution in [-0.2, 0) is 15.7 Å². The predicted octanol–water partition coefficient (Wildman–Crippen LogP) is 7.57. The van der Waals surface area contributed by atoms with Crippen LogP contribution < -0.4 is 0 Å². The smallest absolute Gasteiger partial charge is 0.352 e. The Balaban J connectivity index is 1.33. The maximum atomic E-state index is 13.9. The normalized spacial score (nSPS) is 26.8. The van der Waals surface area contributed by atoms with Crippen molar-refractivity contribution >= 4 is 0 Å². The number of halogens is 4. The summed E-state index contributed by atoms with van der Waals surface area (Å²) in [5.41, 5.74) is 1.13. The standard InChI is InChI=1S/C26H30F4O2/c1-2-3-17-15-31-25(32-16-17)21-10-8-19(9-11-21)18-4-6-20(7-5-18)22-12-13-23(24(27)14-22)26(28,29)30/h4-7,12-14,17,19,21,25H,2-3,8-11,15-16H2,1H3. The summed E-state index contributed by atoms with van der Waals surface area (Å²) in [7, 11) is 0. The Bertz CT molecular complexity index is 878. The van der Waals surface area contributed by atoms with E-state index >= 15 is 0 Å². The average Bonchev–Trinajstić information content (AvgIpc) is 2.79. The van der Waals surface area contributed by atoms with Crippen LogP contribution in [-0.4, -0.2) is 19.5 Å². The van der Waals surface area contributed by atoms with E-state index < -0.39 is 17.6 Å². The summed E-state index contributed by atoms with van der Waals surface area (Å²) in [5.74, 6) is 0.152. The molecular weight excluding hydrogens is 420 g/mol. The molecule has 0 spiro atoms. The maximum Gasteiger partial charge on any atom is 0.419 e. The first kappa shape index (κ1) is 23.2. The minimum atomic E-state index is -4.68. The molecule has 0 bridgehead atoms. The summed E-state index contributed by atoms with van der Waals surface area (Å²) in [6, 6.07) is 10.8. The Labute approximate surface area is 186 Å². The van der Waals surface area contributed by atoms with Crippen LogP contribution in [0.3, 0.4) is 0 Å². The molecule has 6 heteroatoms. The maximum absolute atomic E-state index is 13.9. The van der Waals surface area contributed by atoms with Gasteiger partial charge in [-0.3, -0.25) is 0 Å². The SMILES string of the molecule is CCCC1COC(C2CCC(c3ccc(-c4ccc(C(F)(F)F)c(F)c4)cc3)CC2)OC1. The van der Waals surface area contributed by atoms with Gasteiger partial charge in [0, 0.05) is 11.8 Å². The van der Waals surface area contributed by atoms with Gasteiger partial charge in [-0.25, -0.2) is 4.39 Å². The highest BCUT2D eigenvalue weighted by atomic mass is 19.4. The minimum absolute atomic E-state index is 0.0824.